The van der Waals surface area contributed by atoms with E-state index in [1.165, 1.54) is 4.31 Å². The van der Waals surface area contributed by atoms with Crippen molar-refractivity contribution in [2.45, 2.75) is 24.8 Å². The maximum atomic E-state index is 13.4. The molecule has 1 fully saturated rings. The van der Waals surface area contributed by atoms with Crippen LogP contribution in [-0.2, 0) is 21.3 Å². The van der Waals surface area contributed by atoms with Gasteiger partial charge in [0, 0.05) is 31.2 Å². The first-order chi connectivity index (χ1) is 16.5. The minimum absolute atomic E-state index is 0.217. The van der Waals surface area contributed by atoms with Crippen LogP contribution in [0.15, 0.2) is 71.6 Å². The van der Waals surface area contributed by atoms with Gasteiger partial charge in [0.2, 0.25) is 10.0 Å². The van der Waals surface area contributed by atoms with Crippen LogP contribution < -0.4 is 9.47 Å². The first-order valence-electron chi connectivity index (χ1n) is 11.6. The van der Waals surface area contributed by atoms with Crippen LogP contribution in [0.4, 0.5) is 0 Å². The molecule has 0 N–H and O–H groups in total. The molecule has 34 heavy (non-hydrogen) atoms. The van der Waals surface area contributed by atoms with Gasteiger partial charge < -0.3 is 14.2 Å². The Morgan fingerprint density at radius 1 is 1.03 bits per heavy atom. The van der Waals surface area contributed by atoms with E-state index in [0.717, 1.165) is 35.3 Å². The lowest BCUT2D eigenvalue weighted by molar-refractivity contribution is 0.165. The zero-order valence-electron chi connectivity index (χ0n) is 19.3. The summed E-state index contributed by atoms with van der Waals surface area (Å²) in [7, 11) is -3.66. The molecule has 7 heteroatoms. The van der Waals surface area contributed by atoms with Gasteiger partial charge in [0.05, 0.1) is 18.1 Å². The quantitative estimate of drug-likeness (QED) is 0.515. The number of fused-ring (bicyclic) bond motifs is 1. The van der Waals surface area contributed by atoms with Crippen LogP contribution in [0.25, 0.3) is 11.1 Å². The van der Waals surface area contributed by atoms with Gasteiger partial charge in [-0.3, -0.25) is 0 Å². The molecule has 2 aliphatic rings. The van der Waals surface area contributed by atoms with Gasteiger partial charge in [0.25, 0.3) is 0 Å². The summed E-state index contributed by atoms with van der Waals surface area (Å²) in [5, 5.41) is 0. The fraction of sp³-hybridized carbons (Fsp3) is 0.333. The van der Waals surface area contributed by atoms with Gasteiger partial charge in [-0.05, 0) is 54.3 Å². The lowest BCUT2D eigenvalue weighted by Crippen LogP contribution is -2.32. The standard InChI is InChI=1S/C27H29NO5S/c1-20-7-5-6-10-25(20)22-15-23-17-28(34(29,30)24-8-3-2-4-9-24)12-14-32-27(23)26(16-22)33-19-21-11-13-31-18-21/h2-10,15-16,21H,11-14,17-19H2,1H3. The molecular formula is C27H29NO5S. The summed E-state index contributed by atoms with van der Waals surface area (Å²) in [5.41, 5.74) is 4.01. The molecule has 0 spiro atoms. The van der Waals surface area contributed by atoms with Crippen molar-refractivity contribution in [2.24, 2.45) is 5.92 Å². The number of hydrogen-bond donors (Lipinski definition) is 0. The second kappa shape index (κ2) is 9.78. The molecule has 1 saturated heterocycles. The molecule has 3 aromatic carbocycles. The van der Waals surface area contributed by atoms with Gasteiger partial charge in [-0.1, -0.05) is 42.5 Å². The largest absolute Gasteiger partial charge is 0.489 e. The van der Waals surface area contributed by atoms with Gasteiger partial charge in [0.1, 0.15) is 6.61 Å². The predicted octanol–water partition coefficient (Wildman–Crippen LogP) is 4.66. The number of aryl methyl sites for hydroxylation is 1. The molecule has 5 rings (SSSR count). The van der Waals surface area contributed by atoms with Crippen LogP contribution in [0, 0.1) is 12.8 Å². The Hall–Kier alpha value is -2.87. The molecule has 1 unspecified atom stereocenters. The number of rotatable bonds is 6. The molecule has 0 saturated carbocycles. The normalized spacial score (nSPS) is 18.7. The van der Waals surface area contributed by atoms with E-state index in [4.69, 9.17) is 14.2 Å². The molecule has 3 aromatic rings. The maximum Gasteiger partial charge on any atom is 0.243 e. The average molecular weight is 480 g/mol. The van der Waals surface area contributed by atoms with E-state index in [9.17, 15) is 8.42 Å². The molecule has 1 atom stereocenters. The first kappa shape index (κ1) is 22.9. The highest BCUT2D eigenvalue weighted by molar-refractivity contribution is 7.89. The number of sulfonamides is 1. The van der Waals surface area contributed by atoms with Crippen LogP contribution in [0.5, 0.6) is 11.5 Å². The SMILES string of the molecule is Cc1ccccc1-c1cc2c(c(OCC3CCOC3)c1)OCCN(S(=O)(=O)c1ccccc1)C2. The Bertz CT molecular complexity index is 1250. The van der Waals surface area contributed by atoms with Crippen molar-refractivity contribution >= 4 is 10.0 Å². The summed E-state index contributed by atoms with van der Waals surface area (Å²) >= 11 is 0. The number of nitrogens with zero attached hydrogens (tertiary/aromatic N) is 1. The van der Waals surface area contributed by atoms with E-state index < -0.39 is 10.0 Å². The zero-order valence-corrected chi connectivity index (χ0v) is 20.1. The van der Waals surface area contributed by atoms with Crippen LogP contribution in [-0.4, -0.2) is 45.7 Å². The minimum Gasteiger partial charge on any atom is -0.489 e. The van der Waals surface area contributed by atoms with Gasteiger partial charge in [-0.2, -0.15) is 4.31 Å². The fourth-order valence-corrected chi connectivity index (χ4v) is 5.91. The number of hydrogen-bond acceptors (Lipinski definition) is 5. The predicted molar refractivity (Wildman–Crippen MR) is 131 cm³/mol. The Balaban J connectivity index is 1.54. The Labute approximate surface area is 201 Å². The van der Waals surface area contributed by atoms with Crippen molar-refractivity contribution in [1.82, 2.24) is 4.31 Å². The number of benzene rings is 3. The molecule has 0 bridgehead atoms. The van der Waals surface area contributed by atoms with Crippen LogP contribution in [0.1, 0.15) is 17.5 Å². The van der Waals surface area contributed by atoms with Crippen molar-refractivity contribution in [3.63, 3.8) is 0 Å². The summed E-state index contributed by atoms with van der Waals surface area (Å²) in [6.07, 6.45) is 0.976. The summed E-state index contributed by atoms with van der Waals surface area (Å²) < 4.78 is 46.1. The third-order valence-electron chi connectivity index (χ3n) is 6.40. The maximum absolute atomic E-state index is 13.4. The van der Waals surface area contributed by atoms with E-state index in [1.54, 1.807) is 24.3 Å². The highest BCUT2D eigenvalue weighted by atomic mass is 32.2. The van der Waals surface area contributed by atoms with Gasteiger partial charge in [-0.15, -0.1) is 0 Å². The molecular weight excluding hydrogens is 450 g/mol. The molecule has 6 nitrogen and oxygen atoms in total. The Kier molecular flexibility index (Phi) is 6.59. The lowest BCUT2D eigenvalue weighted by atomic mass is 9.98. The molecule has 0 aliphatic carbocycles. The van der Waals surface area contributed by atoms with Crippen molar-refractivity contribution in [3.05, 3.63) is 77.9 Å². The molecule has 0 amide bonds. The van der Waals surface area contributed by atoms with Crippen molar-refractivity contribution in [3.8, 4) is 22.6 Å². The summed E-state index contributed by atoms with van der Waals surface area (Å²) in [5.74, 6) is 1.63. The third kappa shape index (κ3) is 4.69. The Morgan fingerprint density at radius 3 is 2.59 bits per heavy atom. The summed E-state index contributed by atoms with van der Waals surface area (Å²) in [6.45, 7) is 4.81. The first-order valence-corrected chi connectivity index (χ1v) is 13.1. The zero-order chi connectivity index (χ0) is 23.5. The van der Waals surface area contributed by atoms with Crippen LogP contribution in [0.3, 0.4) is 0 Å². The van der Waals surface area contributed by atoms with Crippen molar-refractivity contribution < 1.29 is 22.6 Å². The fourth-order valence-electron chi connectivity index (χ4n) is 4.49. The van der Waals surface area contributed by atoms with E-state index >= 15 is 0 Å². The average Bonchev–Trinajstić information content (AvgIpc) is 3.27. The van der Waals surface area contributed by atoms with E-state index in [-0.39, 0.29) is 24.6 Å². The third-order valence-corrected chi connectivity index (χ3v) is 8.26. The molecule has 2 heterocycles. The van der Waals surface area contributed by atoms with Gasteiger partial charge >= 0.3 is 0 Å². The number of ether oxygens (including phenoxy) is 3. The molecule has 2 aliphatic heterocycles. The van der Waals surface area contributed by atoms with Crippen molar-refractivity contribution in [1.29, 1.82) is 0 Å². The van der Waals surface area contributed by atoms with E-state index in [0.29, 0.717) is 30.6 Å². The van der Waals surface area contributed by atoms with E-state index in [2.05, 4.69) is 19.1 Å². The second-order valence-corrected chi connectivity index (χ2v) is 10.8. The monoisotopic (exact) mass is 479 g/mol. The highest BCUT2D eigenvalue weighted by Crippen LogP contribution is 2.40. The summed E-state index contributed by atoms with van der Waals surface area (Å²) in [4.78, 5) is 0.284. The van der Waals surface area contributed by atoms with Crippen LogP contribution >= 0.6 is 0 Å². The topological polar surface area (TPSA) is 65.1 Å². The van der Waals surface area contributed by atoms with Crippen LogP contribution in [0.2, 0.25) is 0 Å². The Morgan fingerprint density at radius 2 is 1.82 bits per heavy atom. The summed E-state index contributed by atoms with van der Waals surface area (Å²) in [6, 6.07) is 20.8. The highest BCUT2D eigenvalue weighted by Gasteiger charge is 2.30. The minimum atomic E-state index is -3.66. The second-order valence-electron chi connectivity index (χ2n) is 8.82. The van der Waals surface area contributed by atoms with E-state index in [1.807, 2.05) is 30.3 Å². The van der Waals surface area contributed by atoms with Gasteiger partial charge in [-0.25, -0.2) is 8.42 Å². The molecule has 0 aromatic heterocycles. The molecule has 178 valence electrons. The van der Waals surface area contributed by atoms with Gasteiger partial charge in [0.15, 0.2) is 11.5 Å². The smallest absolute Gasteiger partial charge is 0.243 e. The molecule has 0 radical (unpaired) electrons. The van der Waals surface area contributed by atoms with Crippen molar-refractivity contribution in [2.75, 3.05) is 33.0 Å². The lowest BCUT2D eigenvalue weighted by Gasteiger charge is -2.20.